The van der Waals surface area contributed by atoms with E-state index in [1.54, 1.807) is 41.3 Å². The van der Waals surface area contributed by atoms with Gasteiger partial charge >= 0.3 is 5.97 Å². The van der Waals surface area contributed by atoms with Gasteiger partial charge in [-0.25, -0.2) is 9.97 Å². The Bertz CT molecular complexity index is 1440. The highest BCUT2D eigenvalue weighted by molar-refractivity contribution is 6.03. The average molecular weight is 475 g/mol. The van der Waals surface area contributed by atoms with Gasteiger partial charge in [0.2, 0.25) is 0 Å². The van der Waals surface area contributed by atoms with Gasteiger partial charge < -0.3 is 14.8 Å². The van der Waals surface area contributed by atoms with Crippen molar-refractivity contribution in [1.29, 1.82) is 0 Å². The van der Waals surface area contributed by atoms with Crippen molar-refractivity contribution in [2.24, 2.45) is 14.1 Å². The normalized spacial score (nSPS) is 10.6. The molecule has 4 aromatic rings. The van der Waals surface area contributed by atoms with E-state index in [9.17, 15) is 14.4 Å². The number of carbonyl (C=O) groups is 2. The van der Waals surface area contributed by atoms with Crippen molar-refractivity contribution in [3.8, 4) is 22.8 Å². The van der Waals surface area contributed by atoms with E-state index in [1.807, 2.05) is 13.2 Å². The molecule has 0 saturated carbocycles. The van der Waals surface area contributed by atoms with Gasteiger partial charge in [-0.3, -0.25) is 28.6 Å². The first kappa shape index (κ1) is 23.3. The summed E-state index contributed by atoms with van der Waals surface area (Å²) in [5.41, 5.74) is 0.804. The molecule has 0 saturated heterocycles. The number of nitrogens with zero attached hydrogens (tertiary/aromatic N) is 6. The molecule has 0 aromatic carbocycles. The fourth-order valence-corrected chi connectivity index (χ4v) is 3.06. The second-order valence-electron chi connectivity index (χ2n) is 7.45. The molecule has 178 valence electrons. The van der Waals surface area contributed by atoms with Gasteiger partial charge in [-0.2, -0.15) is 5.10 Å². The first-order chi connectivity index (χ1) is 16.8. The standard InChI is InChI=1S/C23H21N7O5/c1-14(31)34-13-21-26-11-18(23(33)30(21)3)22(32)28-20-5-4-17(10-25-20)35-16-6-7-24-19(8-16)15-9-27-29(2)12-15/h4-12H,13H2,1-3H3,(H,25,28,32). The number of anilines is 1. The summed E-state index contributed by atoms with van der Waals surface area (Å²) in [6, 6.07) is 6.67. The van der Waals surface area contributed by atoms with Crippen LogP contribution in [0, 0.1) is 0 Å². The van der Waals surface area contributed by atoms with Crippen LogP contribution in [0.15, 0.2) is 60.0 Å². The number of hydrogen-bond acceptors (Lipinski definition) is 9. The Kier molecular flexibility index (Phi) is 6.62. The first-order valence-electron chi connectivity index (χ1n) is 10.4. The van der Waals surface area contributed by atoms with Crippen LogP contribution in [0.3, 0.4) is 0 Å². The molecule has 35 heavy (non-hydrogen) atoms. The summed E-state index contributed by atoms with van der Waals surface area (Å²) < 4.78 is 13.5. The van der Waals surface area contributed by atoms with Crippen molar-refractivity contribution in [3.05, 3.63) is 77.0 Å². The molecule has 0 bridgehead atoms. The number of esters is 1. The lowest BCUT2D eigenvalue weighted by atomic mass is 10.2. The number of ether oxygens (including phenoxy) is 2. The van der Waals surface area contributed by atoms with E-state index >= 15 is 0 Å². The van der Waals surface area contributed by atoms with Crippen LogP contribution in [0.25, 0.3) is 11.3 Å². The number of amides is 1. The third-order valence-corrected chi connectivity index (χ3v) is 4.86. The van der Waals surface area contributed by atoms with Crippen LogP contribution in [0.4, 0.5) is 5.82 Å². The molecule has 0 spiro atoms. The maximum Gasteiger partial charge on any atom is 0.303 e. The number of pyridine rings is 2. The number of aromatic nitrogens is 6. The summed E-state index contributed by atoms with van der Waals surface area (Å²) >= 11 is 0. The molecule has 4 rings (SSSR count). The van der Waals surface area contributed by atoms with Gasteiger partial charge in [0.1, 0.15) is 35.3 Å². The van der Waals surface area contributed by atoms with Gasteiger partial charge in [-0.1, -0.05) is 0 Å². The van der Waals surface area contributed by atoms with E-state index in [0.717, 1.165) is 16.3 Å². The van der Waals surface area contributed by atoms with Gasteiger partial charge in [0.05, 0.1) is 18.1 Å². The summed E-state index contributed by atoms with van der Waals surface area (Å²) in [5, 5.41) is 6.70. The Balaban J connectivity index is 1.42. The van der Waals surface area contributed by atoms with Gasteiger partial charge in [0, 0.05) is 51.2 Å². The minimum Gasteiger partial charge on any atom is -0.458 e. The summed E-state index contributed by atoms with van der Waals surface area (Å²) in [4.78, 5) is 48.6. The molecule has 1 N–H and O–H groups in total. The largest absolute Gasteiger partial charge is 0.458 e. The SMILES string of the molecule is CC(=O)OCc1ncc(C(=O)Nc2ccc(Oc3ccnc(-c4cnn(C)c4)c3)cn2)c(=O)n1C. The number of aryl methyl sites for hydroxylation is 1. The van der Waals surface area contributed by atoms with E-state index in [1.165, 1.54) is 20.2 Å². The minimum absolute atomic E-state index is 0.173. The van der Waals surface area contributed by atoms with Crippen molar-refractivity contribution >= 4 is 17.7 Å². The van der Waals surface area contributed by atoms with Gasteiger partial charge in [0.25, 0.3) is 11.5 Å². The second-order valence-corrected chi connectivity index (χ2v) is 7.45. The van der Waals surface area contributed by atoms with Crippen LogP contribution < -0.4 is 15.6 Å². The lowest BCUT2D eigenvalue weighted by Crippen LogP contribution is -2.31. The zero-order chi connectivity index (χ0) is 24.9. The lowest BCUT2D eigenvalue weighted by Gasteiger charge is -2.10. The molecule has 0 aliphatic rings. The number of rotatable bonds is 7. The number of nitrogens with one attached hydrogen (secondary N) is 1. The van der Waals surface area contributed by atoms with Crippen LogP contribution in [0.2, 0.25) is 0 Å². The predicted octanol–water partition coefficient (Wildman–Crippen LogP) is 2.08. The second kappa shape index (κ2) is 9.95. The molecule has 0 unspecified atom stereocenters. The summed E-state index contributed by atoms with van der Waals surface area (Å²) in [5.74, 6) is 0.258. The molecule has 0 atom stereocenters. The van der Waals surface area contributed by atoms with Crippen LogP contribution in [0.1, 0.15) is 23.1 Å². The van der Waals surface area contributed by atoms with Gasteiger partial charge in [0.15, 0.2) is 0 Å². The minimum atomic E-state index is -0.673. The topological polar surface area (TPSA) is 143 Å². The summed E-state index contributed by atoms with van der Waals surface area (Å²) in [6.07, 6.45) is 7.77. The monoisotopic (exact) mass is 475 g/mol. The molecular weight excluding hydrogens is 454 g/mol. The predicted molar refractivity (Wildman–Crippen MR) is 124 cm³/mol. The molecular formula is C23H21N7O5. The smallest absolute Gasteiger partial charge is 0.303 e. The molecule has 4 aromatic heterocycles. The molecule has 0 aliphatic heterocycles. The van der Waals surface area contributed by atoms with E-state index in [-0.39, 0.29) is 23.8 Å². The number of hydrogen-bond donors (Lipinski definition) is 1. The molecule has 12 nitrogen and oxygen atoms in total. The van der Waals surface area contributed by atoms with Crippen LogP contribution in [0.5, 0.6) is 11.5 Å². The number of carbonyl (C=O) groups excluding carboxylic acids is 2. The highest BCUT2D eigenvalue weighted by Crippen LogP contribution is 2.25. The van der Waals surface area contributed by atoms with Crippen molar-refractivity contribution in [3.63, 3.8) is 0 Å². The zero-order valence-electron chi connectivity index (χ0n) is 19.1. The third-order valence-electron chi connectivity index (χ3n) is 4.86. The highest BCUT2D eigenvalue weighted by Gasteiger charge is 2.16. The molecule has 4 heterocycles. The summed E-state index contributed by atoms with van der Waals surface area (Å²) in [7, 11) is 3.26. The zero-order valence-corrected chi connectivity index (χ0v) is 19.1. The quantitative estimate of drug-likeness (QED) is 0.397. The lowest BCUT2D eigenvalue weighted by molar-refractivity contribution is -0.142. The molecule has 0 radical (unpaired) electrons. The Morgan fingerprint density at radius 1 is 1.03 bits per heavy atom. The molecule has 1 amide bonds. The Labute approximate surface area is 199 Å². The van der Waals surface area contributed by atoms with E-state index < -0.39 is 17.4 Å². The van der Waals surface area contributed by atoms with E-state index in [2.05, 4.69) is 25.4 Å². The van der Waals surface area contributed by atoms with E-state index in [0.29, 0.717) is 17.2 Å². The van der Waals surface area contributed by atoms with Crippen molar-refractivity contribution in [2.45, 2.75) is 13.5 Å². The van der Waals surface area contributed by atoms with E-state index in [4.69, 9.17) is 9.47 Å². The maximum atomic E-state index is 12.6. The molecule has 0 fully saturated rings. The summed E-state index contributed by atoms with van der Waals surface area (Å²) in [6.45, 7) is 1.08. The third kappa shape index (κ3) is 5.55. The Hall–Kier alpha value is -4.87. The first-order valence-corrected chi connectivity index (χ1v) is 10.4. The van der Waals surface area contributed by atoms with Crippen LogP contribution >= 0.6 is 0 Å². The molecule has 12 heteroatoms. The fourth-order valence-electron chi connectivity index (χ4n) is 3.06. The van der Waals surface area contributed by atoms with Crippen LogP contribution in [-0.4, -0.2) is 41.2 Å². The highest BCUT2D eigenvalue weighted by atomic mass is 16.5. The Morgan fingerprint density at radius 2 is 1.86 bits per heavy atom. The molecule has 0 aliphatic carbocycles. The maximum absolute atomic E-state index is 12.6. The average Bonchev–Trinajstić information content (AvgIpc) is 3.27. The fraction of sp³-hybridized carbons (Fsp3) is 0.174. The van der Waals surface area contributed by atoms with Gasteiger partial charge in [-0.15, -0.1) is 0 Å². The van der Waals surface area contributed by atoms with Gasteiger partial charge in [-0.05, 0) is 18.2 Å². The van der Waals surface area contributed by atoms with Crippen LogP contribution in [-0.2, 0) is 30.2 Å². The van der Waals surface area contributed by atoms with Crippen molar-refractivity contribution < 1.29 is 19.1 Å². The Morgan fingerprint density at radius 3 is 2.54 bits per heavy atom. The van der Waals surface area contributed by atoms with Crippen molar-refractivity contribution in [2.75, 3.05) is 5.32 Å². The van der Waals surface area contributed by atoms with Crippen molar-refractivity contribution in [1.82, 2.24) is 29.3 Å².